The van der Waals surface area contributed by atoms with Crippen LogP contribution in [0.2, 0.25) is 0 Å². The van der Waals surface area contributed by atoms with Crippen LogP contribution < -0.4 is 0 Å². The van der Waals surface area contributed by atoms with Gasteiger partial charge in [-0.3, -0.25) is 9.78 Å². The lowest BCUT2D eigenvalue weighted by Crippen LogP contribution is -1.97. The highest BCUT2D eigenvalue weighted by Crippen LogP contribution is 2.03. The third kappa shape index (κ3) is 2.70. The Morgan fingerprint density at radius 2 is 2.42 bits per heavy atom. The van der Waals surface area contributed by atoms with Gasteiger partial charge >= 0.3 is 5.97 Å². The number of carboxylic acid groups (broad SMARTS) is 1. The highest BCUT2D eigenvalue weighted by Gasteiger charge is 1.98. The number of hydrogen-bond donors (Lipinski definition) is 1. The molecule has 0 amide bonds. The maximum atomic E-state index is 10.2. The Hall–Kier alpha value is -1.38. The zero-order chi connectivity index (χ0) is 8.97. The molecule has 0 aromatic carbocycles. The van der Waals surface area contributed by atoms with Crippen molar-refractivity contribution in [3.05, 3.63) is 29.6 Å². The molecule has 0 saturated heterocycles. The van der Waals surface area contributed by atoms with Crippen LogP contribution in [0.1, 0.15) is 17.7 Å². The van der Waals surface area contributed by atoms with Crippen LogP contribution in [0.5, 0.6) is 0 Å². The summed E-state index contributed by atoms with van der Waals surface area (Å²) >= 11 is 0. The fourth-order valence-corrected chi connectivity index (χ4v) is 1.01. The average molecular weight is 165 g/mol. The van der Waals surface area contributed by atoms with Crippen molar-refractivity contribution in [1.29, 1.82) is 0 Å². The molecular formula is C9H11NO2. The Balaban J connectivity index is 2.57. The first-order valence-corrected chi connectivity index (χ1v) is 3.82. The molecule has 0 bridgehead atoms. The van der Waals surface area contributed by atoms with E-state index in [1.54, 1.807) is 6.20 Å². The van der Waals surface area contributed by atoms with Gasteiger partial charge in [0.2, 0.25) is 0 Å². The summed E-state index contributed by atoms with van der Waals surface area (Å²) in [6, 6.07) is 3.75. The molecule has 3 heteroatoms. The van der Waals surface area contributed by atoms with Crippen molar-refractivity contribution in [3.63, 3.8) is 0 Å². The van der Waals surface area contributed by atoms with E-state index in [4.69, 9.17) is 5.11 Å². The smallest absolute Gasteiger partial charge is 0.303 e. The third-order valence-corrected chi connectivity index (χ3v) is 1.59. The van der Waals surface area contributed by atoms with Gasteiger partial charge in [0.15, 0.2) is 0 Å². The molecule has 1 aromatic heterocycles. The minimum atomic E-state index is -0.760. The Morgan fingerprint density at radius 1 is 1.67 bits per heavy atom. The standard InChI is InChI=1S/C9H11NO2/c1-7-6-8(4-5-10-7)2-3-9(11)12/h4-6H,2-3H2,1H3,(H,11,12). The monoisotopic (exact) mass is 165 g/mol. The molecule has 0 fully saturated rings. The SMILES string of the molecule is Cc1cc(CCC(=O)O)ccn1. The highest BCUT2D eigenvalue weighted by molar-refractivity contribution is 5.67. The number of pyridine rings is 1. The van der Waals surface area contributed by atoms with Gasteiger partial charge in [0, 0.05) is 18.3 Å². The van der Waals surface area contributed by atoms with Crippen LogP contribution >= 0.6 is 0 Å². The number of carboxylic acids is 1. The van der Waals surface area contributed by atoms with E-state index in [1.807, 2.05) is 19.1 Å². The van der Waals surface area contributed by atoms with Crippen LogP contribution in [-0.2, 0) is 11.2 Å². The molecule has 0 aliphatic carbocycles. The highest BCUT2D eigenvalue weighted by atomic mass is 16.4. The Kier molecular flexibility index (Phi) is 2.80. The van der Waals surface area contributed by atoms with Crippen molar-refractivity contribution in [2.24, 2.45) is 0 Å². The van der Waals surface area contributed by atoms with Crippen molar-refractivity contribution in [2.45, 2.75) is 19.8 Å². The molecule has 0 unspecified atom stereocenters. The first-order chi connectivity index (χ1) is 5.68. The second kappa shape index (κ2) is 3.85. The van der Waals surface area contributed by atoms with E-state index in [-0.39, 0.29) is 6.42 Å². The lowest BCUT2D eigenvalue weighted by Gasteiger charge is -1.98. The molecule has 0 radical (unpaired) electrons. The van der Waals surface area contributed by atoms with E-state index in [9.17, 15) is 4.79 Å². The predicted octanol–water partition coefficient (Wildman–Crippen LogP) is 1.41. The average Bonchev–Trinajstić information content (AvgIpc) is 2.01. The number of carbonyl (C=O) groups is 1. The summed E-state index contributed by atoms with van der Waals surface area (Å²) in [6.45, 7) is 1.89. The largest absolute Gasteiger partial charge is 0.481 e. The van der Waals surface area contributed by atoms with Gasteiger partial charge in [-0.15, -0.1) is 0 Å². The Bertz CT molecular complexity index is 284. The third-order valence-electron chi connectivity index (χ3n) is 1.59. The van der Waals surface area contributed by atoms with Crippen molar-refractivity contribution in [1.82, 2.24) is 4.98 Å². The summed E-state index contributed by atoms with van der Waals surface area (Å²) in [4.78, 5) is 14.3. The quantitative estimate of drug-likeness (QED) is 0.736. The number of rotatable bonds is 3. The molecule has 0 spiro atoms. The van der Waals surface area contributed by atoms with E-state index in [0.717, 1.165) is 11.3 Å². The zero-order valence-corrected chi connectivity index (χ0v) is 6.95. The topological polar surface area (TPSA) is 50.2 Å². The van der Waals surface area contributed by atoms with Gasteiger partial charge < -0.3 is 5.11 Å². The summed E-state index contributed by atoms with van der Waals surface area (Å²) in [5.74, 6) is -0.760. The summed E-state index contributed by atoms with van der Waals surface area (Å²) in [7, 11) is 0. The molecule has 0 saturated carbocycles. The summed E-state index contributed by atoms with van der Waals surface area (Å²) in [5.41, 5.74) is 1.96. The van der Waals surface area contributed by atoms with Gasteiger partial charge in [-0.2, -0.15) is 0 Å². The van der Waals surface area contributed by atoms with E-state index in [1.165, 1.54) is 0 Å². The number of nitrogens with zero attached hydrogens (tertiary/aromatic N) is 1. The lowest BCUT2D eigenvalue weighted by molar-refractivity contribution is -0.136. The molecular weight excluding hydrogens is 154 g/mol. The number of aliphatic carboxylic acids is 1. The number of aryl methyl sites for hydroxylation is 2. The molecule has 1 rings (SSSR count). The fraction of sp³-hybridized carbons (Fsp3) is 0.333. The van der Waals surface area contributed by atoms with E-state index in [0.29, 0.717) is 6.42 Å². The fourth-order valence-electron chi connectivity index (χ4n) is 1.01. The van der Waals surface area contributed by atoms with Gasteiger partial charge in [-0.25, -0.2) is 0 Å². The van der Waals surface area contributed by atoms with Crippen molar-refractivity contribution in [2.75, 3.05) is 0 Å². The van der Waals surface area contributed by atoms with Gasteiger partial charge in [0.05, 0.1) is 0 Å². The molecule has 1 N–H and O–H groups in total. The molecule has 1 heterocycles. The Morgan fingerprint density at radius 3 is 3.00 bits per heavy atom. The summed E-state index contributed by atoms with van der Waals surface area (Å²) < 4.78 is 0. The van der Waals surface area contributed by atoms with Gasteiger partial charge in [0.25, 0.3) is 0 Å². The van der Waals surface area contributed by atoms with Crippen molar-refractivity contribution < 1.29 is 9.90 Å². The minimum absolute atomic E-state index is 0.184. The van der Waals surface area contributed by atoms with Gasteiger partial charge in [0.1, 0.15) is 0 Å². The van der Waals surface area contributed by atoms with Crippen LogP contribution in [0.4, 0.5) is 0 Å². The maximum absolute atomic E-state index is 10.2. The summed E-state index contributed by atoms with van der Waals surface area (Å²) in [6.07, 6.45) is 2.47. The van der Waals surface area contributed by atoms with E-state index < -0.39 is 5.97 Å². The minimum Gasteiger partial charge on any atom is -0.481 e. The normalized spacial score (nSPS) is 9.75. The van der Waals surface area contributed by atoms with Gasteiger partial charge in [-0.05, 0) is 31.0 Å². The number of aromatic nitrogens is 1. The molecule has 0 atom stereocenters. The second-order valence-electron chi connectivity index (χ2n) is 2.70. The molecule has 0 aliphatic heterocycles. The maximum Gasteiger partial charge on any atom is 0.303 e. The predicted molar refractivity (Wildman–Crippen MR) is 44.9 cm³/mol. The van der Waals surface area contributed by atoms with Crippen molar-refractivity contribution >= 4 is 5.97 Å². The molecule has 1 aromatic rings. The molecule has 64 valence electrons. The lowest BCUT2D eigenvalue weighted by atomic mass is 10.1. The molecule has 12 heavy (non-hydrogen) atoms. The molecule has 0 aliphatic rings. The van der Waals surface area contributed by atoms with Crippen LogP contribution in [-0.4, -0.2) is 16.1 Å². The van der Waals surface area contributed by atoms with Crippen LogP contribution in [0.3, 0.4) is 0 Å². The Labute approximate surface area is 71.1 Å². The van der Waals surface area contributed by atoms with Gasteiger partial charge in [-0.1, -0.05) is 0 Å². The van der Waals surface area contributed by atoms with Crippen molar-refractivity contribution in [3.8, 4) is 0 Å². The van der Waals surface area contributed by atoms with Crippen LogP contribution in [0.25, 0.3) is 0 Å². The second-order valence-corrected chi connectivity index (χ2v) is 2.70. The first kappa shape index (κ1) is 8.71. The van der Waals surface area contributed by atoms with E-state index in [2.05, 4.69) is 4.98 Å². The molecule has 3 nitrogen and oxygen atoms in total. The van der Waals surface area contributed by atoms with Crippen LogP contribution in [0, 0.1) is 6.92 Å². The number of hydrogen-bond acceptors (Lipinski definition) is 2. The van der Waals surface area contributed by atoms with Crippen LogP contribution in [0.15, 0.2) is 18.3 Å². The first-order valence-electron chi connectivity index (χ1n) is 3.82. The van der Waals surface area contributed by atoms with E-state index >= 15 is 0 Å². The zero-order valence-electron chi connectivity index (χ0n) is 6.95. The summed E-state index contributed by atoms with van der Waals surface area (Å²) in [5, 5.41) is 8.43.